The van der Waals surface area contributed by atoms with Gasteiger partial charge in [-0.1, -0.05) is 19.0 Å². The summed E-state index contributed by atoms with van der Waals surface area (Å²) >= 11 is 0. The highest BCUT2D eigenvalue weighted by Crippen LogP contribution is 2.32. The summed E-state index contributed by atoms with van der Waals surface area (Å²) in [4.78, 5) is 8.35. The first-order chi connectivity index (χ1) is 9.16. The minimum Gasteiger partial charge on any atom is -0.397 e. The molecular weight excluding hydrogens is 244 g/mol. The number of aromatic nitrogens is 3. The molecule has 0 amide bonds. The normalized spacial score (nSPS) is 11.7. The van der Waals surface area contributed by atoms with Crippen LogP contribution in [0.3, 0.4) is 0 Å². The average Bonchev–Trinajstić information content (AvgIpc) is 2.92. The van der Waals surface area contributed by atoms with Gasteiger partial charge in [-0.3, -0.25) is 4.98 Å². The summed E-state index contributed by atoms with van der Waals surface area (Å²) in [5.41, 5.74) is 6.53. The molecule has 2 heterocycles. The molecule has 0 radical (unpaired) electrons. The van der Waals surface area contributed by atoms with Gasteiger partial charge in [0.05, 0.1) is 17.4 Å². The molecular formula is C13H18N4O2. The van der Waals surface area contributed by atoms with E-state index in [9.17, 15) is 0 Å². The smallest absolute Gasteiger partial charge is 0.260 e. The second kappa shape index (κ2) is 5.36. The molecule has 102 valence electrons. The number of ether oxygens (including phenoxy) is 1. The minimum absolute atomic E-state index is 0.387. The van der Waals surface area contributed by atoms with Gasteiger partial charge in [0.15, 0.2) is 0 Å². The van der Waals surface area contributed by atoms with Gasteiger partial charge in [0.25, 0.3) is 5.89 Å². The molecule has 2 N–H and O–H groups in total. The number of hydrogen-bond donors (Lipinski definition) is 1. The molecule has 0 aliphatic rings. The number of anilines is 1. The van der Waals surface area contributed by atoms with Crippen molar-refractivity contribution in [3.05, 3.63) is 24.3 Å². The van der Waals surface area contributed by atoms with Gasteiger partial charge in [0.2, 0.25) is 5.82 Å². The van der Waals surface area contributed by atoms with Crippen molar-refractivity contribution < 1.29 is 9.26 Å². The third kappa shape index (κ3) is 2.31. The van der Waals surface area contributed by atoms with Crippen LogP contribution in [0.5, 0.6) is 0 Å². The molecule has 6 nitrogen and oxygen atoms in total. The first-order valence-electron chi connectivity index (χ1n) is 6.26. The first kappa shape index (κ1) is 13.5. The highest BCUT2D eigenvalue weighted by molar-refractivity contribution is 5.68. The van der Waals surface area contributed by atoms with E-state index in [2.05, 4.69) is 15.1 Å². The van der Waals surface area contributed by atoms with E-state index in [1.165, 1.54) is 0 Å². The Morgan fingerprint density at radius 1 is 1.37 bits per heavy atom. The summed E-state index contributed by atoms with van der Waals surface area (Å²) in [6.45, 7) is 4.06. The molecule has 2 rings (SSSR count). The SMILES string of the molecule is CCC(CC)(OC)c1noc(-c2ccncc2N)n1. The predicted octanol–water partition coefficient (Wildman–Crippen LogP) is 2.38. The van der Waals surface area contributed by atoms with Crippen LogP contribution in [0.1, 0.15) is 32.5 Å². The van der Waals surface area contributed by atoms with Crippen molar-refractivity contribution in [1.82, 2.24) is 15.1 Å². The maximum atomic E-state index is 5.85. The third-order valence-electron chi connectivity index (χ3n) is 3.45. The van der Waals surface area contributed by atoms with E-state index in [4.69, 9.17) is 15.0 Å². The highest BCUT2D eigenvalue weighted by atomic mass is 16.5. The highest BCUT2D eigenvalue weighted by Gasteiger charge is 2.34. The van der Waals surface area contributed by atoms with Crippen LogP contribution in [0, 0.1) is 0 Å². The average molecular weight is 262 g/mol. The Morgan fingerprint density at radius 3 is 2.68 bits per heavy atom. The number of hydrogen-bond acceptors (Lipinski definition) is 6. The van der Waals surface area contributed by atoms with E-state index in [1.807, 2.05) is 13.8 Å². The van der Waals surface area contributed by atoms with E-state index >= 15 is 0 Å². The molecule has 0 bridgehead atoms. The Morgan fingerprint density at radius 2 is 2.11 bits per heavy atom. The van der Waals surface area contributed by atoms with E-state index in [1.54, 1.807) is 25.6 Å². The first-order valence-corrected chi connectivity index (χ1v) is 6.26. The molecule has 0 atom stereocenters. The lowest BCUT2D eigenvalue weighted by molar-refractivity contribution is -0.0306. The lowest BCUT2D eigenvalue weighted by Gasteiger charge is -2.25. The maximum Gasteiger partial charge on any atom is 0.260 e. The van der Waals surface area contributed by atoms with Crippen LogP contribution in [-0.2, 0) is 10.3 Å². The van der Waals surface area contributed by atoms with Gasteiger partial charge in [-0.15, -0.1) is 0 Å². The van der Waals surface area contributed by atoms with Gasteiger partial charge in [-0.05, 0) is 18.9 Å². The van der Waals surface area contributed by atoms with Crippen molar-refractivity contribution in [3.8, 4) is 11.5 Å². The molecule has 2 aromatic heterocycles. The topological polar surface area (TPSA) is 87.1 Å². The Kier molecular flexibility index (Phi) is 3.80. The number of rotatable bonds is 5. The fourth-order valence-corrected chi connectivity index (χ4v) is 2.07. The molecule has 0 saturated heterocycles. The Labute approximate surface area is 112 Å². The summed E-state index contributed by atoms with van der Waals surface area (Å²) in [6.07, 6.45) is 4.73. The lowest BCUT2D eigenvalue weighted by atomic mass is 9.96. The summed E-state index contributed by atoms with van der Waals surface area (Å²) in [5.74, 6) is 0.935. The van der Waals surface area contributed by atoms with E-state index in [0.717, 1.165) is 12.8 Å². The van der Waals surface area contributed by atoms with Crippen molar-refractivity contribution in [2.75, 3.05) is 12.8 Å². The van der Waals surface area contributed by atoms with Crippen molar-refractivity contribution in [3.63, 3.8) is 0 Å². The van der Waals surface area contributed by atoms with Gasteiger partial charge in [0.1, 0.15) is 5.60 Å². The largest absolute Gasteiger partial charge is 0.397 e. The summed E-state index contributed by atoms with van der Waals surface area (Å²) in [7, 11) is 1.66. The number of nitrogens with zero attached hydrogens (tertiary/aromatic N) is 3. The van der Waals surface area contributed by atoms with Crippen molar-refractivity contribution in [2.45, 2.75) is 32.3 Å². The fourth-order valence-electron chi connectivity index (χ4n) is 2.07. The molecule has 2 aromatic rings. The van der Waals surface area contributed by atoms with E-state index in [0.29, 0.717) is 23.0 Å². The van der Waals surface area contributed by atoms with Crippen molar-refractivity contribution in [2.24, 2.45) is 0 Å². The standard InChI is InChI=1S/C13H18N4O2/c1-4-13(5-2,18-3)12-16-11(19-17-12)9-6-7-15-8-10(9)14/h6-8H,4-5,14H2,1-3H3. The molecule has 0 saturated carbocycles. The van der Waals surface area contributed by atoms with Gasteiger partial charge in [0, 0.05) is 13.3 Å². The van der Waals surface area contributed by atoms with Crippen LogP contribution >= 0.6 is 0 Å². The van der Waals surface area contributed by atoms with Gasteiger partial charge < -0.3 is 15.0 Å². The molecule has 0 aliphatic heterocycles. The van der Waals surface area contributed by atoms with E-state index in [-0.39, 0.29) is 0 Å². The second-order valence-electron chi connectivity index (χ2n) is 4.29. The molecule has 0 aromatic carbocycles. The number of nitrogens with two attached hydrogens (primary N) is 1. The van der Waals surface area contributed by atoms with E-state index < -0.39 is 5.60 Å². The van der Waals surface area contributed by atoms with Crippen LogP contribution < -0.4 is 5.73 Å². The van der Waals surface area contributed by atoms with Crippen LogP contribution in [0.2, 0.25) is 0 Å². The quantitative estimate of drug-likeness (QED) is 0.890. The zero-order chi connectivity index (χ0) is 13.9. The lowest BCUT2D eigenvalue weighted by Crippen LogP contribution is -2.28. The molecule has 0 fully saturated rings. The molecule has 0 aliphatic carbocycles. The van der Waals surface area contributed by atoms with Crippen molar-refractivity contribution >= 4 is 5.69 Å². The maximum absolute atomic E-state index is 5.85. The minimum atomic E-state index is -0.510. The Balaban J connectivity index is 2.42. The Hall–Kier alpha value is -1.95. The fraction of sp³-hybridized carbons (Fsp3) is 0.462. The van der Waals surface area contributed by atoms with Gasteiger partial charge in [-0.2, -0.15) is 4.98 Å². The second-order valence-corrected chi connectivity index (χ2v) is 4.29. The number of pyridine rings is 1. The monoisotopic (exact) mass is 262 g/mol. The number of methoxy groups -OCH3 is 1. The molecule has 6 heteroatoms. The zero-order valence-corrected chi connectivity index (χ0v) is 11.4. The van der Waals surface area contributed by atoms with Crippen LogP contribution in [0.25, 0.3) is 11.5 Å². The Bertz CT molecular complexity index is 541. The van der Waals surface area contributed by atoms with Crippen LogP contribution in [0.4, 0.5) is 5.69 Å². The van der Waals surface area contributed by atoms with Crippen LogP contribution in [0.15, 0.2) is 23.0 Å². The van der Waals surface area contributed by atoms with Crippen molar-refractivity contribution in [1.29, 1.82) is 0 Å². The summed E-state index contributed by atoms with van der Waals surface area (Å²) < 4.78 is 10.9. The summed E-state index contributed by atoms with van der Waals surface area (Å²) in [5, 5.41) is 4.03. The third-order valence-corrected chi connectivity index (χ3v) is 3.45. The summed E-state index contributed by atoms with van der Waals surface area (Å²) in [6, 6.07) is 1.75. The number of nitrogen functional groups attached to an aromatic ring is 1. The van der Waals surface area contributed by atoms with Crippen LogP contribution in [-0.4, -0.2) is 22.2 Å². The molecule has 0 unspecified atom stereocenters. The van der Waals surface area contributed by atoms with Gasteiger partial charge in [-0.25, -0.2) is 0 Å². The van der Waals surface area contributed by atoms with Gasteiger partial charge >= 0.3 is 0 Å². The molecule has 0 spiro atoms. The molecule has 19 heavy (non-hydrogen) atoms. The zero-order valence-electron chi connectivity index (χ0n) is 11.4. The predicted molar refractivity (Wildman–Crippen MR) is 71.2 cm³/mol.